The normalized spacial score (nSPS) is 10.4. The van der Waals surface area contributed by atoms with E-state index < -0.39 is 0 Å². The fraction of sp³-hybridized carbons (Fsp3) is 0.625. The summed E-state index contributed by atoms with van der Waals surface area (Å²) in [6.07, 6.45) is 11.3. The van der Waals surface area contributed by atoms with E-state index in [9.17, 15) is 0 Å². The number of aryl methyl sites for hydroxylation is 1. The van der Waals surface area contributed by atoms with Crippen molar-refractivity contribution in [3.05, 3.63) is 35.9 Å². The molecule has 0 aromatic heterocycles. The summed E-state index contributed by atoms with van der Waals surface area (Å²) >= 11 is 0. The van der Waals surface area contributed by atoms with Crippen LogP contribution in [0, 0.1) is 0 Å². The Morgan fingerprint density at radius 3 is 1.94 bits per heavy atom. The lowest BCUT2D eigenvalue weighted by molar-refractivity contribution is 0.609. The highest BCUT2D eigenvalue weighted by Crippen LogP contribution is 2.26. The van der Waals surface area contributed by atoms with Gasteiger partial charge in [0.15, 0.2) is 0 Å². The summed E-state index contributed by atoms with van der Waals surface area (Å²) < 4.78 is 0. The molecule has 0 nitrogen and oxygen atoms in total. The van der Waals surface area contributed by atoms with Gasteiger partial charge in [0, 0.05) is 0 Å². The lowest BCUT2D eigenvalue weighted by atomic mass is 10.1. The van der Waals surface area contributed by atoms with Gasteiger partial charge in [-0.15, -0.1) is 20.3 Å². The first kappa shape index (κ1) is 17.9. The van der Waals surface area contributed by atoms with E-state index in [2.05, 4.69) is 43.7 Å². The van der Waals surface area contributed by atoms with E-state index in [-0.39, 0.29) is 12.4 Å². The molecule has 0 saturated carbocycles. The number of hydrogen-bond donors (Lipinski definition) is 0. The second-order valence-corrected chi connectivity index (χ2v) is 7.77. The molecule has 0 fully saturated rings. The standard InChI is InChI=1S/C16H27P.ClH/c1-17(2)15-11-6-4-3-5-8-12-16-13-9-7-10-14-16;/h7,9-10,13-14H,3-6,8,11-12,15H2,1-2H3;1H. The average molecular weight is 287 g/mol. The highest BCUT2D eigenvalue weighted by Gasteiger charge is 1.95. The Labute approximate surface area is 121 Å². The Morgan fingerprint density at radius 1 is 0.778 bits per heavy atom. The average Bonchev–Trinajstić information content (AvgIpc) is 2.33. The molecular weight excluding hydrogens is 259 g/mol. The molecular formula is C16H28ClP. The Hall–Kier alpha value is -0.0600. The minimum absolute atomic E-state index is 0. The van der Waals surface area contributed by atoms with Gasteiger partial charge >= 0.3 is 0 Å². The number of hydrogen-bond acceptors (Lipinski definition) is 0. The molecule has 104 valence electrons. The van der Waals surface area contributed by atoms with Crippen LogP contribution in [0.15, 0.2) is 30.3 Å². The smallest absolute Gasteiger partial charge is 0.0279 e. The van der Waals surface area contributed by atoms with Crippen LogP contribution in [0.3, 0.4) is 0 Å². The van der Waals surface area contributed by atoms with Gasteiger partial charge in [-0.2, -0.15) is 0 Å². The fourth-order valence-corrected chi connectivity index (χ4v) is 2.97. The molecule has 1 aromatic carbocycles. The maximum atomic E-state index is 2.38. The molecule has 0 aliphatic heterocycles. The monoisotopic (exact) mass is 286 g/mol. The maximum Gasteiger partial charge on any atom is -0.0279 e. The van der Waals surface area contributed by atoms with Crippen LogP contribution in [-0.4, -0.2) is 19.5 Å². The van der Waals surface area contributed by atoms with Crippen LogP contribution in [0.2, 0.25) is 0 Å². The molecule has 18 heavy (non-hydrogen) atoms. The minimum Gasteiger partial charge on any atom is -0.147 e. The number of unbranched alkanes of at least 4 members (excludes halogenated alkanes) is 5. The van der Waals surface area contributed by atoms with Gasteiger partial charge < -0.3 is 0 Å². The van der Waals surface area contributed by atoms with Gasteiger partial charge in [0.1, 0.15) is 0 Å². The highest BCUT2D eigenvalue weighted by atomic mass is 35.5. The highest BCUT2D eigenvalue weighted by molar-refractivity contribution is 7.55. The zero-order valence-electron chi connectivity index (χ0n) is 11.9. The minimum atomic E-state index is 0. The summed E-state index contributed by atoms with van der Waals surface area (Å²) in [5.41, 5.74) is 1.50. The molecule has 0 amide bonds. The Kier molecular flexibility index (Phi) is 12.0. The van der Waals surface area contributed by atoms with Crippen molar-refractivity contribution in [2.24, 2.45) is 0 Å². The van der Waals surface area contributed by atoms with Gasteiger partial charge in [-0.3, -0.25) is 0 Å². The van der Waals surface area contributed by atoms with Crippen molar-refractivity contribution in [3.8, 4) is 0 Å². The quantitative estimate of drug-likeness (QED) is 0.401. The third kappa shape index (κ3) is 9.92. The van der Waals surface area contributed by atoms with Crippen LogP contribution in [-0.2, 0) is 6.42 Å². The summed E-state index contributed by atoms with van der Waals surface area (Å²) in [5.74, 6) is 0. The van der Waals surface area contributed by atoms with E-state index >= 15 is 0 Å². The van der Waals surface area contributed by atoms with Gasteiger partial charge in [-0.05, 0) is 44.3 Å². The molecule has 0 aliphatic rings. The number of benzene rings is 1. The molecule has 0 heterocycles. The molecule has 0 N–H and O–H groups in total. The summed E-state index contributed by atoms with van der Waals surface area (Å²) in [4.78, 5) is 0. The third-order valence-corrected chi connectivity index (χ3v) is 4.37. The molecule has 0 aliphatic carbocycles. The lowest BCUT2D eigenvalue weighted by Gasteiger charge is -2.05. The summed E-state index contributed by atoms with van der Waals surface area (Å²) in [7, 11) is 0.342. The van der Waals surface area contributed by atoms with Crippen LogP contribution in [0.1, 0.15) is 44.1 Å². The zero-order valence-corrected chi connectivity index (χ0v) is 13.6. The Balaban J connectivity index is 0.00000289. The molecule has 0 unspecified atom stereocenters. The van der Waals surface area contributed by atoms with Crippen molar-refractivity contribution in [1.82, 2.24) is 0 Å². The van der Waals surface area contributed by atoms with E-state index in [1.165, 1.54) is 56.7 Å². The number of halogens is 1. The van der Waals surface area contributed by atoms with E-state index in [4.69, 9.17) is 0 Å². The van der Waals surface area contributed by atoms with Crippen LogP contribution < -0.4 is 0 Å². The van der Waals surface area contributed by atoms with Crippen LogP contribution in [0.4, 0.5) is 0 Å². The molecule has 0 saturated heterocycles. The van der Waals surface area contributed by atoms with E-state index in [0.29, 0.717) is 7.92 Å². The molecule has 0 atom stereocenters. The summed E-state index contributed by atoms with van der Waals surface area (Å²) in [6.45, 7) is 4.77. The molecule has 0 radical (unpaired) electrons. The first-order chi connectivity index (χ1) is 8.29. The molecule has 2 heteroatoms. The second kappa shape index (κ2) is 12.0. The fourth-order valence-electron chi connectivity index (χ4n) is 2.11. The van der Waals surface area contributed by atoms with E-state index in [1.807, 2.05) is 0 Å². The second-order valence-electron chi connectivity index (χ2n) is 5.16. The Morgan fingerprint density at radius 2 is 1.33 bits per heavy atom. The van der Waals surface area contributed by atoms with Crippen molar-refractivity contribution >= 4 is 20.3 Å². The van der Waals surface area contributed by atoms with Crippen molar-refractivity contribution in [2.45, 2.75) is 44.9 Å². The van der Waals surface area contributed by atoms with Crippen molar-refractivity contribution < 1.29 is 0 Å². The van der Waals surface area contributed by atoms with Crippen molar-refractivity contribution in [1.29, 1.82) is 0 Å². The topological polar surface area (TPSA) is 0 Å². The van der Waals surface area contributed by atoms with Crippen LogP contribution >= 0.6 is 20.3 Å². The van der Waals surface area contributed by atoms with E-state index in [0.717, 1.165) is 0 Å². The van der Waals surface area contributed by atoms with Gasteiger partial charge in [-0.25, -0.2) is 0 Å². The molecule has 1 rings (SSSR count). The summed E-state index contributed by atoms with van der Waals surface area (Å²) in [5, 5.41) is 0. The number of rotatable bonds is 9. The van der Waals surface area contributed by atoms with Crippen LogP contribution in [0.5, 0.6) is 0 Å². The molecule has 1 aromatic rings. The SMILES string of the molecule is CP(C)CCCCCCCCc1ccccc1.Cl. The predicted octanol–water partition coefficient (Wildman–Crippen LogP) is 5.73. The van der Waals surface area contributed by atoms with Gasteiger partial charge in [0.2, 0.25) is 0 Å². The molecule has 0 spiro atoms. The predicted molar refractivity (Wildman–Crippen MR) is 88.7 cm³/mol. The lowest BCUT2D eigenvalue weighted by Crippen LogP contribution is -1.87. The van der Waals surface area contributed by atoms with Crippen molar-refractivity contribution in [2.75, 3.05) is 19.5 Å². The van der Waals surface area contributed by atoms with Gasteiger partial charge in [0.25, 0.3) is 0 Å². The largest absolute Gasteiger partial charge is 0.147 e. The van der Waals surface area contributed by atoms with Crippen molar-refractivity contribution in [3.63, 3.8) is 0 Å². The third-order valence-electron chi connectivity index (χ3n) is 3.16. The van der Waals surface area contributed by atoms with Gasteiger partial charge in [0.05, 0.1) is 0 Å². The summed E-state index contributed by atoms with van der Waals surface area (Å²) in [6, 6.07) is 10.9. The Bertz CT molecular complexity index is 272. The maximum absolute atomic E-state index is 2.38. The molecule has 0 bridgehead atoms. The van der Waals surface area contributed by atoms with Gasteiger partial charge in [-0.1, -0.05) is 56.0 Å². The van der Waals surface area contributed by atoms with E-state index in [1.54, 1.807) is 0 Å². The first-order valence-corrected chi connectivity index (χ1v) is 9.40. The zero-order chi connectivity index (χ0) is 12.3. The first-order valence-electron chi connectivity index (χ1n) is 6.97. The van der Waals surface area contributed by atoms with Crippen LogP contribution in [0.25, 0.3) is 0 Å².